The molecule has 1 spiro atoms. The van der Waals surface area contributed by atoms with E-state index < -0.39 is 12.6 Å². The van der Waals surface area contributed by atoms with Crippen molar-refractivity contribution in [3.8, 4) is 28.3 Å². The summed E-state index contributed by atoms with van der Waals surface area (Å²) in [5, 5.41) is 9.37. The molecule has 314 valence electrons. The molecular weight excluding hydrogens is 858 g/mol. The molecule has 0 N–H and O–H groups in total. The molecule has 2 atom stereocenters. The molecule has 0 saturated heterocycles. The van der Waals surface area contributed by atoms with Gasteiger partial charge in [0.25, 0.3) is 0 Å². The Labute approximate surface area is 388 Å². The first kappa shape index (κ1) is 37.3. The third kappa shape index (κ3) is 4.89. The fraction of sp³-hybridized carbons (Fsp3) is 0.0164. The topological polar surface area (TPSA) is 44.4 Å². The first-order valence-electron chi connectivity index (χ1n) is 22.7. The molecule has 0 saturated carbocycles. The van der Waals surface area contributed by atoms with Crippen LogP contribution in [-0.4, -0.2) is 4.57 Å². The molecule has 67 heavy (non-hydrogen) atoms. The number of rotatable bonds is 3. The number of thiophene rings is 1. The number of ether oxygens (including phenoxy) is 1. The standard InChI is InChI=1S/C61H36NO3PS/c63-66(39-15-2-1-3-16-39)57-27-12-8-23-49(57)61(50-35-46-42-18-5-10-25-53(42)64-55(46)36-58(50)66)47-22-7-11-26-54(47)65-56-34-38(30-31-48(56)61)62-51-24-9-4-17-41(51)45-33-37(29-32-52(45)62)40-20-14-21-44-43-19-6-13-28-59(43)67-60(40)44/h1-36H. The SMILES string of the molecule is O=P1(c2ccccc2)c2ccccc2C2(c3ccccc3Oc3cc(-n4c5ccccc5c5cc(-c6cccc7c6sc6ccccc67)ccc54)ccc32)c2cc3c(cc21)oc1ccccc13. The van der Waals surface area contributed by atoms with Crippen molar-refractivity contribution in [1.82, 2.24) is 4.57 Å². The maximum atomic E-state index is 16.6. The molecule has 15 rings (SSSR count). The van der Waals surface area contributed by atoms with Gasteiger partial charge in [0.2, 0.25) is 0 Å². The molecule has 0 radical (unpaired) electrons. The van der Waals surface area contributed by atoms with Gasteiger partial charge < -0.3 is 18.3 Å². The van der Waals surface area contributed by atoms with Crippen molar-refractivity contribution in [3.63, 3.8) is 0 Å². The van der Waals surface area contributed by atoms with Crippen LogP contribution in [0.15, 0.2) is 223 Å². The van der Waals surface area contributed by atoms with E-state index in [4.69, 9.17) is 9.15 Å². The summed E-state index contributed by atoms with van der Waals surface area (Å²) >= 11 is 1.86. The van der Waals surface area contributed by atoms with Crippen LogP contribution in [0.2, 0.25) is 0 Å². The van der Waals surface area contributed by atoms with Crippen molar-refractivity contribution in [2.45, 2.75) is 5.41 Å². The predicted molar refractivity (Wildman–Crippen MR) is 278 cm³/mol. The quantitative estimate of drug-likeness (QED) is 0.166. The summed E-state index contributed by atoms with van der Waals surface area (Å²) in [4.78, 5) is 0. The van der Waals surface area contributed by atoms with Gasteiger partial charge in [0.15, 0.2) is 7.14 Å². The lowest BCUT2D eigenvalue weighted by molar-refractivity contribution is 0.435. The Kier molecular flexibility index (Phi) is 7.55. The molecule has 2 unspecified atom stereocenters. The number of para-hydroxylation sites is 3. The Balaban J connectivity index is 0.994. The van der Waals surface area contributed by atoms with E-state index in [1.54, 1.807) is 0 Å². The highest BCUT2D eigenvalue weighted by molar-refractivity contribution is 7.85. The average Bonchev–Trinajstić information content (AvgIpc) is 4.06. The molecule has 0 aliphatic carbocycles. The Hall–Kier alpha value is -7.95. The first-order chi connectivity index (χ1) is 33.1. The van der Waals surface area contributed by atoms with Gasteiger partial charge in [-0.05, 0) is 76.9 Å². The van der Waals surface area contributed by atoms with Crippen LogP contribution in [0.25, 0.3) is 80.7 Å². The van der Waals surface area contributed by atoms with E-state index in [1.807, 2.05) is 65.9 Å². The van der Waals surface area contributed by atoms with Crippen LogP contribution in [0.1, 0.15) is 22.3 Å². The van der Waals surface area contributed by atoms with E-state index in [2.05, 4.69) is 168 Å². The smallest absolute Gasteiger partial charge is 0.171 e. The van der Waals surface area contributed by atoms with Crippen molar-refractivity contribution >= 4 is 98.3 Å². The zero-order valence-electron chi connectivity index (χ0n) is 35.8. The second-order valence-electron chi connectivity index (χ2n) is 17.8. The monoisotopic (exact) mass is 893 g/mol. The van der Waals surface area contributed by atoms with Gasteiger partial charge in [-0.2, -0.15) is 0 Å². The van der Waals surface area contributed by atoms with E-state index in [0.29, 0.717) is 0 Å². The van der Waals surface area contributed by atoms with Crippen LogP contribution in [0.4, 0.5) is 0 Å². The summed E-state index contributed by atoms with van der Waals surface area (Å²) in [6, 6.07) is 77.1. The van der Waals surface area contributed by atoms with Crippen LogP contribution in [0.5, 0.6) is 11.5 Å². The van der Waals surface area contributed by atoms with E-state index in [-0.39, 0.29) is 0 Å². The fourth-order valence-electron chi connectivity index (χ4n) is 11.7. The van der Waals surface area contributed by atoms with Gasteiger partial charge in [-0.25, -0.2) is 0 Å². The highest BCUT2D eigenvalue weighted by Gasteiger charge is 2.55. The molecule has 2 aliphatic rings. The van der Waals surface area contributed by atoms with E-state index in [9.17, 15) is 0 Å². The van der Waals surface area contributed by atoms with Crippen molar-refractivity contribution in [2.75, 3.05) is 0 Å². The summed E-state index contributed by atoms with van der Waals surface area (Å²) in [5.74, 6) is 1.52. The van der Waals surface area contributed by atoms with Crippen LogP contribution < -0.4 is 20.7 Å². The molecule has 0 amide bonds. The van der Waals surface area contributed by atoms with Gasteiger partial charge in [-0.15, -0.1) is 11.3 Å². The molecule has 10 aromatic carbocycles. The van der Waals surface area contributed by atoms with E-state index in [1.165, 1.54) is 42.1 Å². The first-order valence-corrected chi connectivity index (χ1v) is 25.2. The Morgan fingerprint density at radius 3 is 2.07 bits per heavy atom. The molecule has 13 aromatic rings. The highest BCUT2D eigenvalue weighted by Crippen LogP contribution is 2.62. The predicted octanol–water partition coefficient (Wildman–Crippen LogP) is 15.2. The lowest BCUT2D eigenvalue weighted by Crippen LogP contribution is -2.48. The molecular formula is C61H36NO3PS. The Bertz CT molecular complexity index is 4310. The number of hydrogen-bond donors (Lipinski definition) is 0. The summed E-state index contributed by atoms with van der Waals surface area (Å²) in [6.45, 7) is 0. The number of furan rings is 1. The number of nitrogens with zero attached hydrogens (tertiary/aromatic N) is 1. The van der Waals surface area contributed by atoms with Gasteiger partial charge >= 0.3 is 0 Å². The lowest BCUT2D eigenvalue weighted by atomic mass is 9.63. The maximum Gasteiger partial charge on any atom is 0.171 e. The minimum Gasteiger partial charge on any atom is -0.457 e. The molecule has 3 aromatic heterocycles. The zero-order valence-corrected chi connectivity index (χ0v) is 37.5. The molecule has 5 heterocycles. The van der Waals surface area contributed by atoms with Crippen molar-refractivity contribution in [2.24, 2.45) is 0 Å². The lowest BCUT2D eigenvalue weighted by Gasteiger charge is -2.47. The maximum absolute atomic E-state index is 16.6. The van der Waals surface area contributed by atoms with Gasteiger partial charge in [-0.3, -0.25) is 0 Å². The van der Waals surface area contributed by atoms with Crippen LogP contribution >= 0.6 is 18.5 Å². The third-order valence-electron chi connectivity index (χ3n) is 14.5. The molecule has 6 heteroatoms. The summed E-state index contributed by atoms with van der Waals surface area (Å²) < 4.78 is 35.3. The normalized spacial score (nSPS) is 17.3. The Morgan fingerprint density at radius 1 is 0.448 bits per heavy atom. The van der Waals surface area contributed by atoms with Gasteiger partial charge in [0.1, 0.15) is 22.7 Å². The van der Waals surface area contributed by atoms with Crippen LogP contribution in [0, 0.1) is 0 Å². The second-order valence-corrected chi connectivity index (χ2v) is 21.6. The van der Waals surface area contributed by atoms with Crippen molar-refractivity contribution in [1.29, 1.82) is 0 Å². The minimum atomic E-state index is -3.47. The highest BCUT2D eigenvalue weighted by atomic mass is 32.1. The number of fused-ring (bicyclic) bond motifs is 17. The third-order valence-corrected chi connectivity index (χ3v) is 18.9. The van der Waals surface area contributed by atoms with Crippen LogP contribution in [0.3, 0.4) is 0 Å². The summed E-state index contributed by atoms with van der Waals surface area (Å²) in [6.07, 6.45) is 0. The van der Waals surface area contributed by atoms with E-state index >= 15 is 4.57 Å². The van der Waals surface area contributed by atoms with Crippen molar-refractivity contribution in [3.05, 3.63) is 241 Å². The largest absolute Gasteiger partial charge is 0.457 e. The average molecular weight is 894 g/mol. The van der Waals surface area contributed by atoms with Gasteiger partial charge in [0, 0.05) is 80.5 Å². The Morgan fingerprint density at radius 2 is 1.16 bits per heavy atom. The summed E-state index contributed by atoms with van der Waals surface area (Å²) in [7, 11) is -3.47. The molecule has 4 nitrogen and oxygen atoms in total. The van der Waals surface area contributed by atoms with Gasteiger partial charge in [0.05, 0.1) is 16.4 Å². The number of aromatic nitrogens is 1. The van der Waals surface area contributed by atoms with Gasteiger partial charge in [-0.1, -0.05) is 158 Å². The number of benzene rings is 10. The number of hydrogen-bond acceptors (Lipinski definition) is 4. The second kappa shape index (κ2) is 13.6. The summed E-state index contributed by atoms with van der Waals surface area (Å²) in [5.41, 5.74) is 10.3. The van der Waals surface area contributed by atoms with Crippen molar-refractivity contribution < 1.29 is 13.7 Å². The molecule has 2 aliphatic heterocycles. The minimum absolute atomic E-state index is 0.719. The molecule has 0 bridgehead atoms. The zero-order chi connectivity index (χ0) is 44.0. The van der Waals surface area contributed by atoms with E-state index in [0.717, 1.165) is 88.3 Å². The fourth-order valence-corrected chi connectivity index (χ4v) is 16.1. The van der Waals surface area contributed by atoms with Crippen LogP contribution in [-0.2, 0) is 9.98 Å². The molecule has 0 fully saturated rings.